The maximum atomic E-state index is 12.7. The first kappa shape index (κ1) is 18.8. The summed E-state index contributed by atoms with van der Waals surface area (Å²) in [6, 6.07) is 14.8. The van der Waals surface area contributed by atoms with E-state index in [1.54, 1.807) is 26.3 Å². The van der Waals surface area contributed by atoms with Crippen LogP contribution in [-0.2, 0) is 6.54 Å². The van der Waals surface area contributed by atoms with Gasteiger partial charge in [0.1, 0.15) is 16.6 Å². The molecule has 0 aliphatic heterocycles. The fraction of sp³-hybridized carbons (Fsp3) is 0.150. The number of ether oxygens (including phenoxy) is 1. The van der Waals surface area contributed by atoms with E-state index in [0.29, 0.717) is 33.4 Å². The van der Waals surface area contributed by atoms with Gasteiger partial charge in [-0.2, -0.15) is 0 Å². The number of fused-ring (bicyclic) bond motifs is 1. The van der Waals surface area contributed by atoms with Crippen LogP contribution in [0.1, 0.15) is 16.4 Å². The zero-order valence-electron chi connectivity index (χ0n) is 15.9. The molecule has 2 aromatic heterocycles. The molecule has 0 fully saturated rings. The predicted octanol–water partition coefficient (Wildman–Crippen LogP) is 3.06. The first-order valence-corrected chi connectivity index (χ1v) is 9.68. The van der Waals surface area contributed by atoms with Crippen molar-refractivity contribution in [1.29, 1.82) is 0 Å². The Kier molecular flexibility index (Phi) is 5.30. The predicted molar refractivity (Wildman–Crippen MR) is 114 cm³/mol. The van der Waals surface area contributed by atoms with E-state index < -0.39 is 0 Å². The van der Waals surface area contributed by atoms with Crippen LogP contribution in [0.3, 0.4) is 0 Å². The monoisotopic (exact) mass is 406 g/mol. The summed E-state index contributed by atoms with van der Waals surface area (Å²) >= 11 is 1.35. The van der Waals surface area contributed by atoms with Crippen molar-refractivity contribution in [3.63, 3.8) is 0 Å². The van der Waals surface area contributed by atoms with E-state index in [-0.39, 0.29) is 5.56 Å². The van der Waals surface area contributed by atoms with E-state index in [0.717, 1.165) is 11.3 Å². The van der Waals surface area contributed by atoms with Gasteiger partial charge in [-0.25, -0.2) is 14.7 Å². The molecule has 2 heterocycles. The van der Waals surface area contributed by atoms with Crippen LogP contribution < -0.4 is 15.7 Å². The van der Waals surface area contributed by atoms with E-state index >= 15 is 0 Å². The van der Waals surface area contributed by atoms with E-state index in [1.165, 1.54) is 16.0 Å². The Balaban J connectivity index is 1.46. The number of aliphatic imine (C=N–C) groups is 1. The van der Waals surface area contributed by atoms with Crippen LogP contribution in [0.2, 0.25) is 0 Å². The number of hydrogen-bond acceptors (Lipinski definition) is 8. The first-order valence-electron chi connectivity index (χ1n) is 8.87. The number of hydrogen-bond donors (Lipinski definition) is 1. The van der Waals surface area contributed by atoms with Gasteiger partial charge in [0.15, 0.2) is 0 Å². The highest BCUT2D eigenvalue weighted by atomic mass is 32.1. The molecule has 0 saturated heterocycles. The van der Waals surface area contributed by atoms with Crippen molar-refractivity contribution >= 4 is 33.6 Å². The highest BCUT2D eigenvalue weighted by molar-refractivity contribution is 7.14. The molecular formula is C20H18N6O2S. The number of para-hydroxylation sites is 1. The summed E-state index contributed by atoms with van der Waals surface area (Å²) in [5.74, 6) is 1.37. The topological polar surface area (TPSA) is 94.3 Å². The fourth-order valence-electron chi connectivity index (χ4n) is 2.76. The highest BCUT2D eigenvalue weighted by Gasteiger charge is 2.09. The van der Waals surface area contributed by atoms with Crippen molar-refractivity contribution < 1.29 is 4.74 Å². The Labute approximate surface area is 170 Å². The molecule has 4 aromatic rings. The largest absolute Gasteiger partial charge is 0.497 e. The molecule has 0 spiro atoms. The quantitative estimate of drug-likeness (QED) is 0.495. The van der Waals surface area contributed by atoms with Crippen molar-refractivity contribution in [1.82, 2.24) is 19.9 Å². The third-order valence-electron chi connectivity index (χ3n) is 4.23. The lowest BCUT2D eigenvalue weighted by Gasteiger charge is -2.11. The molecule has 0 bridgehead atoms. The minimum absolute atomic E-state index is 0.143. The normalized spacial score (nSPS) is 11.2. The summed E-state index contributed by atoms with van der Waals surface area (Å²) in [5, 5.41) is 10.0. The molecule has 146 valence electrons. The van der Waals surface area contributed by atoms with Crippen molar-refractivity contribution in [2.24, 2.45) is 4.99 Å². The standard InChI is InChI=1S/C20H18N6O2S/c1-13-23-17-6-4-3-5-16(17)19(27)26(13)22-12-18-24-25-20(29-18)21-11-14-7-9-15(28-2)10-8-14/h3-11,22H,12H2,1-2H3. The Morgan fingerprint density at radius 1 is 1.17 bits per heavy atom. The summed E-state index contributed by atoms with van der Waals surface area (Å²) in [4.78, 5) is 21.5. The molecule has 0 aliphatic carbocycles. The van der Waals surface area contributed by atoms with Crippen LogP contribution in [-0.4, -0.2) is 33.2 Å². The summed E-state index contributed by atoms with van der Waals surface area (Å²) < 4.78 is 6.57. The molecule has 0 saturated carbocycles. The molecule has 0 radical (unpaired) electrons. The van der Waals surface area contributed by atoms with Gasteiger partial charge in [0.05, 0.1) is 24.6 Å². The van der Waals surface area contributed by atoms with E-state index in [2.05, 4.69) is 25.6 Å². The van der Waals surface area contributed by atoms with Gasteiger partial charge in [-0.15, -0.1) is 10.2 Å². The average molecular weight is 406 g/mol. The molecule has 2 aromatic carbocycles. The highest BCUT2D eigenvalue weighted by Crippen LogP contribution is 2.19. The Morgan fingerprint density at radius 3 is 2.76 bits per heavy atom. The average Bonchev–Trinajstić information content (AvgIpc) is 3.20. The molecule has 1 N–H and O–H groups in total. The number of methoxy groups -OCH3 is 1. The maximum Gasteiger partial charge on any atom is 0.279 e. The Hall–Kier alpha value is -3.59. The Bertz CT molecular complexity index is 1230. The van der Waals surface area contributed by atoms with Gasteiger partial charge >= 0.3 is 0 Å². The number of aromatic nitrogens is 4. The fourth-order valence-corrected chi connectivity index (χ4v) is 3.38. The van der Waals surface area contributed by atoms with Crippen LogP contribution >= 0.6 is 11.3 Å². The maximum absolute atomic E-state index is 12.7. The molecule has 0 aliphatic rings. The van der Waals surface area contributed by atoms with E-state index in [9.17, 15) is 4.79 Å². The summed E-state index contributed by atoms with van der Waals surface area (Å²) in [7, 11) is 1.63. The molecular weight excluding hydrogens is 388 g/mol. The van der Waals surface area contributed by atoms with Crippen LogP contribution in [0, 0.1) is 6.92 Å². The van der Waals surface area contributed by atoms with Gasteiger partial charge in [0.2, 0.25) is 5.13 Å². The third kappa shape index (κ3) is 4.14. The van der Waals surface area contributed by atoms with Gasteiger partial charge in [-0.3, -0.25) is 4.79 Å². The molecule has 4 rings (SSSR count). The second kappa shape index (κ2) is 8.19. The van der Waals surface area contributed by atoms with E-state index in [1.807, 2.05) is 42.5 Å². The number of rotatable bonds is 6. The van der Waals surface area contributed by atoms with Gasteiger partial charge in [0, 0.05) is 6.21 Å². The molecule has 9 heteroatoms. The molecule has 29 heavy (non-hydrogen) atoms. The number of nitrogens with one attached hydrogen (secondary N) is 1. The van der Waals surface area contributed by atoms with Crippen LogP contribution in [0.4, 0.5) is 5.13 Å². The lowest BCUT2D eigenvalue weighted by Crippen LogP contribution is -2.31. The smallest absolute Gasteiger partial charge is 0.279 e. The second-order valence-corrected chi connectivity index (χ2v) is 7.20. The van der Waals surface area contributed by atoms with Crippen molar-refractivity contribution in [2.75, 3.05) is 12.5 Å². The molecule has 0 unspecified atom stereocenters. The third-order valence-corrected chi connectivity index (χ3v) is 5.06. The SMILES string of the molecule is COc1ccc(C=Nc2nnc(CNn3c(C)nc4ccccc4c3=O)s2)cc1. The minimum atomic E-state index is -0.143. The van der Waals surface area contributed by atoms with Crippen LogP contribution in [0.15, 0.2) is 58.3 Å². The zero-order chi connectivity index (χ0) is 20.2. The summed E-state index contributed by atoms with van der Waals surface area (Å²) in [6.07, 6.45) is 1.72. The number of benzene rings is 2. The molecule has 0 amide bonds. The van der Waals surface area contributed by atoms with Crippen molar-refractivity contribution in [3.8, 4) is 5.75 Å². The number of aryl methyl sites for hydroxylation is 1. The van der Waals surface area contributed by atoms with Crippen molar-refractivity contribution in [2.45, 2.75) is 13.5 Å². The second-order valence-electron chi connectivity index (χ2n) is 6.16. The Morgan fingerprint density at radius 2 is 1.97 bits per heavy atom. The zero-order valence-corrected chi connectivity index (χ0v) is 16.7. The van der Waals surface area contributed by atoms with Gasteiger partial charge < -0.3 is 10.2 Å². The van der Waals surface area contributed by atoms with Gasteiger partial charge in [-0.05, 0) is 48.9 Å². The van der Waals surface area contributed by atoms with Crippen LogP contribution in [0.25, 0.3) is 10.9 Å². The summed E-state index contributed by atoms with van der Waals surface area (Å²) in [5.41, 5.74) is 4.55. The minimum Gasteiger partial charge on any atom is -0.497 e. The number of nitrogens with zero attached hydrogens (tertiary/aromatic N) is 5. The summed E-state index contributed by atoms with van der Waals surface area (Å²) in [6.45, 7) is 2.13. The molecule has 0 atom stereocenters. The first-order chi connectivity index (χ1) is 14.1. The van der Waals surface area contributed by atoms with E-state index in [4.69, 9.17) is 4.74 Å². The van der Waals surface area contributed by atoms with Gasteiger partial charge in [-0.1, -0.05) is 23.5 Å². The van der Waals surface area contributed by atoms with Crippen molar-refractivity contribution in [3.05, 3.63) is 75.3 Å². The van der Waals surface area contributed by atoms with Gasteiger partial charge in [0.25, 0.3) is 5.56 Å². The molecule has 8 nitrogen and oxygen atoms in total. The lowest BCUT2D eigenvalue weighted by molar-refractivity contribution is 0.415. The van der Waals surface area contributed by atoms with Crippen LogP contribution in [0.5, 0.6) is 5.75 Å². The lowest BCUT2D eigenvalue weighted by atomic mass is 10.2.